The minimum Gasteiger partial charge on any atom is -0.307 e. The number of amides is 1. The Kier molecular flexibility index (Phi) is 3.45. The van der Waals surface area contributed by atoms with Crippen LogP contribution >= 0.6 is 0 Å². The first-order valence-corrected chi connectivity index (χ1v) is 8.13. The van der Waals surface area contributed by atoms with Crippen LogP contribution in [0.1, 0.15) is 35.9 Å². The maximum atomic E-state index is 13.1. The maximum absolute atomic E-state index is 13.1. The predicted octanol–water partition coefficient (Wildman–Crippen LogP) is 2.85. The van der Waals surface area contributed by atoms with Crippen LogP contribution in [0.5, 0.6) is 0 Å². The van der Waals surface area contributed by atoms with Gasteiger partial charge in [-0.1, -0.05) is 18.2 Å². The summed E-state index contributed by atoms with van der Waals surface area (Å²) in [7, 11) is 0. The first kappa shape index (κ1) is 14.7. The lowest BCUT2D eigenvalue weighted by Gasteiger charge is -2.27. The van der Waals surface area contributed by atoms with Crippen LogP contribution < -0.4 is 4.90 Å². The molecular formula is C18H19N5O. The zero-order valence-corrected chi connectivity index (χ0v) is 13.8. The van der Waals surface area contributed by atoms with Crippen molar-refractivity contribution in [1.29, 1.82) is 0 Å². The summed E-state index contributed by atoms with van der Waals surface area (Å²) in [5, 5.41) is 8.79. The van der Waals surface area contributed by atoms with E-state index in [4.69, 9.17) is 0 Å². The van der Waals surface area contributed by atoms with Crippen LogP contribution in [-0.4, -0.2) is 32.0 Å². The van der Waals surface area contributed by atoms with Gasteiger partial charge < -0.3 is 4.90 Å². The minimum absolute atomic E-state index is 0.0164. The number of carbonyl (C=O) groups is 1. The lowest BCUT2D eigenvalue weighted by atomic mass is 10.1. The molecule has 3 heterocycles. The van der Waals surface area contributed by atoms with Gasteiger partial charge in [0.15, 0.2) is 0 Å². The van der Waals surface area contributed by atoms with Gasteiger partial charge in [-0.3, -0.25) is 9.48 Å². The van der Waals surface area contributed by atoms with Crippen LogP contribution in [-0.2, 0) is 6.42 Å². The number of benzene rings is 1. The fourth-order valence-corrected chi connectivity index (χ4v) is 3.02. The van der Waals surface area contributed by atoms with Crippen LogP contribution in [0.3, 0.4) is 0 Å². The highest BCUT2D eigenvalue weighted by atomic mass is 16.2. The number of hydrogen-bond donors (Lipinski definition) is 0. The van der Waals surface area contributed by atoms with E-state index in [1.54, 1.807) is 17.1 Å². The molecule has 4 rings (SSSR count). The number of para-hydroxylation sites is 1. The van der Waals surface area contributed by atoms with E-state index in [1.807, 2.05) is 46.1 Å². The van der Waals surface area contributed by atoms with E-state index in [9.17, 15) is 4.79 Å². The summed E-state index contributed by atoms with van der Waals surface area (Å²) in [6, 6.07) is 10.0. The van der Waals surface area contributed by atoms with Gasteiger partial charge >= 0.3 is 0 Å². The molecular weight excluding hydrogens is 302 g/mol. The van der Waals surface area contributed by atoms with E-state index in [2.05, 4.69) is 24.0 Å². The highest BCUT2D eigenvalue weighted by molar-refractivity contribution is 6.07. The zero-order valence-electron chi connectivity index (χ0n) is 13.8. The molecule has 0 saturated heterocycles. The molecule has 0 saturated carbocycles. The van der Waals surface area contributed by atoms with E-state index < -0.39 is 0 Å². The molecule has 0 fully saturated rings. The minimum atomic E-state index is -0.0164. The summed E-state index contributed by atoms with van der Waals surface area (Å²) in [5.41, 5.74) is 3.35. The average Bonchev–Trinajstić information content (AvgIpc) is 3.23. The zero-order chi connectivity index (χ0) is 16.7. The van der Waals surface area contributed by atoms with Crippen molar-refractivity contribution in [3.63, 3.8) is 0 Å². The summed E-state index contributed by atoms with van der Waals surface area (Å²) in [6.07, 6.45) is 6.27. The van der Waals surface area contributed by atoms with Gasteiger partial charge in [0.05, 0.1) is 18.6 Å². The normalized spacial score (nSPS) is 14.3. The molecule has 6 nitrogen and oxygen atoms in total. The Hall–Kier alpha value is -2.89. The van der Waals surface area contributed by atoms with Crippen LogP contribution in [0, 0.1) is 0 Å². The van der Waals surface area contributed by atoms with Gasteiger partial charge in [-0.05, 0) is 32.4 Å². The van der Waals surface area contributed by atoms with Crippen molar-refractivity contribution in [2.24, 2.45) is 0 Å². The lowest BCUT2D eigenvalue weighted by molar-refractivity contribution is 0.0973. The first-order valence-electron chi connectivity index (χ1n) is 8.13. The molecule has 122 valence electrons. The van der Waals surface area contributed by atoms with Crippen molar-refractivity contribution in [3.8, 4) is 5.69 Å². The molecule has 0 spiro atoms. The van der Waals surface area contributed by atoms with Crippen LogP contribution in [0.15, 0.2) is 48.9 Å². The second-order valence-electron chi connectivity index (χ2n) is 6.24. The van der Waals surface area contributed by atoms with Crippen molar-refractivity contribution in [2.75, 3.05) is 11.4 Å². The van der Waals surface area contributed by atoms with Gasteiger partial charge in [0.2, 0.25) is 0 Å². The van der Waals surface area contributed by atoms with E-state index in [1.165, 1.54) is 0 Å². The molecule has 2 aromatic heterocycles. The molecule has 6 heteroatoms. The monoisotopic (exact) mass is 321 g/mol. The Morgan fingerprint density at radius 2 is 1.83 bits per heavy atom. The maximum Gasteiger partial charge on any atom is 0.277 e. The van der Waals surface area contributed by atoms with Gasteiger partial charge in [0.25, 0.3) is 5.91 Å². The number of nitrogens with zero attached hydrogens (tertiary/aromatic N) is 5. The van der Waals surface area contributed by atoms with E-state index in [0.29, 0.717) is 12.2 Å². The summed E-state index contributed by atoms with van der Waals surface area (Å²) in [4.78, 5) is 14.9. The third kappa shape index (κ3) is 2.31. The second kappa shape index (κ2) is 5.63. The van der Waals surface area contributed by atoms with Gasteiger partial charge in [0, 0.05) is 23.8 Å². The molecule has 0 N–H and O–H groups in total. The summed E-state index contributed by atoms with van der Waals surface area (Å²) in [6.45, 7) is 4.81. The summed E-state index contributed by atoms with van der Waals surface area (Å²) >= 11 is 0. The van der Waals surface area contributed by atoms with E-state index in [0.717, 1.165) is 23.4 Å². The highest BCUT2D eigenvalue weighted by Gasteiger charge is 2.30. The Balaban J connectivity index is 1.74. The molecule has 1 amide bonds. The smallest absolute Gasteiger partial charge is 0.277 e. The molecule has 3 aromatic rings. The molecule has 0 atom stereocenters. The van der Waals surface area contributed by atoms with Crippen LogP contribution in [0.25, 0.3) is 5.69 Å². The number of rotatable bonds is 3. The average molecular weight is 321 g/mol. The Morgan fingerprint density at radius 3 is 2.54 bits per heavy atom. The molecule has 0 unspecified atom stereocenters. The second-order valence-corrected chi connectivity index (χ2v) is 6.24. The van der Waals surface area contributed by atoms with Crippen molar-refractivity contribution in [1.82, 2.24) is 19.6 Å². The number of aromatic nitrogens is 4. The number of fused-ring (bicyclic) bond motifs is 1. The predicted molar refractivity (Wildman–Crippen MR) is 91.6 cm³/mol. The lowest BCUT2D eigenvalue weighted by Crippen LogP contribution is -2.38. The van der Waals surface area contributed by atoms with Gasteiger partial charge in [-0.15, -0.1) is 0 Å². The summed E-state index contributed by atoms with van der Waals surface area (Å²) < 4.78 is 3.57. The number of anilines is 1. The fraction of sp³-hybridized carbons (Fsp3) is 0.278. The Morgan fingerprint density at radius 1 is 1.04 bits per heavy atom. The quantitative estimate of drug-likeness (QED) is 0.745. The Labute approximate surface area is 140 Å². The van der Waals surface area contributed by atoms with Gasteiger partial charge in [-0.25, -0.2) is 4.68 Å². The first-order chi connectivity index (χ1) is 11.6. The molecule has 0 aliphatic carbocycles. The van der Waals surface area contributed by atoms with Gasteiger partial charge in [0.1, 0.15) is 11.4 Å². The molecule has 1 aliphatic heterocycles. The fourth-order valence-electron chi connectivity index (χ4n) is 3.02. The van der Waals surface area contributed by atoms with Crippen molar-refractivity contribution >= 4 is 11.6 Å². The van der Waals surface area contributed by atoms with Crippen LogP contribution in [0.4, 0.5) is 5.69 Å². The number of hydrogen-bond acceptors (Lipinski definition) is 3. The van der Waals surface area contributed by atoms with Crippen LogP contribution in [0.2, 0.25) is 0 Å². The van der Waals surface area contributed by atoms with E-state index in [-0.39, 0.29) is 11.9 Å². The van der Waals surface area contributed by atoms with Crippen molar-refractivity contribution in [2.45, 2.75) is 26.3 Å². The molecule has 0 bridgehead atoms. The summed E-state index contributed by atoms with van der Waals surface area (Å²) in [5.74, 6) is -0.0164. The Bertz CT molecular complexity index is 878. The third-order valence-corrected chi connectivity index (χ3v) is 4.33. The SMILES string of the molecule is CC(C)n1cc(-n2ncc3c2C(=O)N(c2ccccc2)CC3)cn1. The van der Waals surface area contributed by atoms with Crippen molar-refractivity contribution < 1.29 is 4.79 Å². The molecule has 24 heavy (non-hydrogen) atoms. The number of carbonyl (C=O) groups excluding carboxylic acids is 1. The molecule has 0 radical (unpaired) electrons. The standard InChI is InChI=1S/C18H19N5O/c1-13(2)22-12-16(11-19-22)23-17-14(10-20-23)8-9-21(18(17)24)15-6-4-3-5-7-15/h3-7,10-13H,8-9H2,1-2H3. The largest absolute Gasteiger partial charge is 0.307 e. The van der Waals surface area contributed by atoms with E-state index >= 15 is 0 Å². The third-order valence-electron chi connectivity index (χ3n) is 4.33. The molecule has 1 aliphatic rings. The molecule has 1 aromatic carbocycles. The van der Waals surface area contributed by atoms with Crippen molar-refractivity contribution in [3.05, 3.63) is 60.2 Å². The van der Waals surface area contributed by atoms with Gasteiger partial charge in [-0.2, -0.15) is 10.2 Å². The topological polar surface area (TPSA) is 56.0 Å². The highest BCUT2D eigenvalue weighted by Crippen LogP contribution is 2.26.